The van der Waals surface area contributed by atoms with E-state index >= 15 is 0 Å². The summed E-state index contributed by atoms with van der Waals surface area (Å²) in [5.74, 6) is 0. The molecule has 1 atom stereocenters. The molecule has 0 bridgehead atoms. The molecule has 96 valence electrons. The SMILES string of the molecule is C[C@@](O)(CO)CCCOCc1ccccc1Br. The van der Waals surface area contributed by atoms with E-state index in [1.54, 1.807) is 6.92 Å². The Bertz CT molecular complexity index is 339. The van der Waals surface area contributed by atoms with E-state index in [4.69, 9.17) is 9.84 Å². The van der Waals surface area contributed by atoms with Crippen molar-refractivity contribution in [3.05, 3.63) is 34.3 Å². The first-order valence-electron chi connectivity index (χ1n) is 5.69. The predicted octanol–water partition coefficient (Wildman–Crippen LogP) is 2.49. The Balaban J connectivity index is 2.19. The summed E-state index contributed by atoms with van der Waals surface area (Å²) < 4.78 is 6.56. The topological polar surface area (TPSA) is 49.7 Å². The highest BCUT2D eigenvalue weighted by atomic mass is 79.9. The number of aliphatic hydroxyl groups excluding tert-OH is 1. The Labute approximate surface area is 111 Å². The van der Waals surface area contributed by atoms with Gasteiger partial charge in [-0.15, -0.1) is 0 Å². The fourth-order valence-electron chi connectivity index (χ4n) is 1.43. The highest BCUT2D eigenvalue weighted by Gasteiger charge is 2.17. The molecule has 1 aromatic carbocycles. The number of halogens is 1. The zero-order chi connectivity index (χ0) is 12.7. The van der Waals surface area contributed by atoms with E-state index in [1.807, 2.05) is 24.3 Å². The van der Waals surface area contributed by atoms with Crippen LogP contribution in [0.1, 0.15) is 25.3 Å². The molecule has 1 aromatic rings. The Kier molecular flexibility index (Phi) is 6.12. The number of hydrogen-bond donors (Lipinski definition) is 2. The van der Waals surface area contributed by atoms with Gasteiger partial charge in [0.05, 0.1) is 18.8 Å². The summed E-state index contributed by atoms with van der Waals surface area (Å²) in [7, 11) is 0. The molecule has 4 heteroatoms. The van der Waals surface area contributed by atoms with Crippen LogP contribution in [-0.4, -0.2) is 29.0 Å². The van der Waals surface area contributed by atoms with Crippen LogP contribution in [0.3, 0.4) is 0 Å². The molecule has 3 nitrogen and oxygen atoms in total. The highest BCUT2D eigenvalue weighted by Crippen LogP contribution is 2.17. The van der Waals surface area contributed by atoms with Crippen molar-refractivity contribution >= 4 is 15.9 Å². The highest BCUT2D eigenvalue weighted by molar-refractivity contribution is 9.10. The minimum Gasteiger partial charge on any atom is -0.393 e. The molecular weight excluding hydrogens is 284 g/mol. The smallest absolute Gasteiger partial charge is 0.0850 e. The summed E-state index contributed by atoms with van der Waals surface area (Å²) in [6, 6.07) is 7.93. The number of hydrogen-bond acceptors (Lipinski definition) is 3. The molecular formula is C13H19BrO3. The summed E-state index contributed by atoms with van der Waals surface area (Å²) >= 11 is 3.46. The van der Waals surface area contributed by atoms with E-state index in [1.165, 1.54) is 0 Å². The molecule has 0 amide bonds. The Morgan fingerprint density at radius 2 is 2.06 bits per heavy atom. The number of aliphatic hydroxyl groups is 2. The minimum atomic E-state index is -0.989. The van der Waals surface area contributed by atoms with Crippen LogP contribution in [0, 0.1) is 0 Å². The maximum Gasteiger partial charge on any atom is 0.0850 e. The van der Waals surface area contributed by atoms with Crippen molar-refractivity contribution in [3.63, 3.8) is 0 Å². The van der Waals surface area contributed by atoms with Crippen LogP contribution in [0.2, 0.25) is 0 Å². The fourth-order valence-corrected chi connectivity index (χ4v) is 1.83. The second-order valence-electron chi connectivity index (χ2n) is 4.40. The van der Waals surface area contributed by atoms with Gasteiger partial charge in [0.2, 0.25) is 0 Å². The maximum atomic E-state index is 9.57. The third-order valence-corrected chi connectivity index (χ3v) is 3.33. The number of rotatable bonds is 7. The molecule has 0 aromatic heterocycles. The molecule has 0 aliphatic heterocycles. The summed E-state index contributed by atoms with van der Waals surface area (Å²) in [4.78, 5) is 0. The van der Waals surface area contributed by atoms with Crippen molar-refractivity contribution in [2.24, 2.45) is 0 Å². The van der Waals surface area contributed by atoms with Gasteiger partial charge in [0, 0.05) is 11.1 Å². The van der Waals surface area contributed by atoms with Gasteiger partial charge in [-0.1, -0.05) is 34.1 Å². The van der Waals surface area contributed by atoms with Crippen molar-refractivity contribution in [3.8, 4) is 0 Å². The Hall–Kier alpha value is -0.420. The monoisotopic (exact) mass is 302 g/mol. The lowest BCUT2D eigenvalue weighted by Crippen LogP contribution is -2.29. The third kappa shape index (κ3) is 5.64. The van der Waals surface area contributed by atoms with Crippen LogP contribution in [0.5, 0.6) is 0 Å². The van der Waals surface area contributed by atoms with E-state index in [2.05, 4.69) is 15.9 Å². The van der Waals surface area contributed by atoms with E-state index < -0.39 is 5.60 Å². The van der Waals surface area contributed by atoms with Gasteiger partial charge in [0.25, 0.3) is 0 Å². The summed E-state index contributed by atoms with van der Waals surface area (Å²) in [6.07, 6.45) is 1.28. The molecule has 17 heavy (non-hydrogen) atoms. The van der Waals surface area contributed by atoms with Gasteiger partial charge in [0.15, 0.2) is 0 Å². The quantitative estimate of drug-likeness (QED) is 0.761. The number of ether oxygens (including phenoxy) is 1. The van der Waals surface area contributed by atoms with E-state index in [0.29, 0.717) is 19.6 Å². The molecule has 0 spiro atoms. The van der Waals surface area contributed by atoms with Crippen molar-refractivity contribution < 1.29 is 14.9 Å². The lowest BCUT2D eigenvalue weighted by molar-refractivity contribution is -0.0134. The van der Waals surface area contributed by atoms with Crippen LogP contribution in [0.4, 0.5) is 0 Å². The molecule has 0 aliphatic rings. The van der Waals surface area contributed by atoms with Gasteiger partial charge in [-0.25, -0.2) is 0 Å². The van der Waals surface area contributed by atoms with Crippen LogP contribution in [-0.2, 0) is 11.3 Å². The van der Waals surface area contributed by atoms with E-state index in [-0.39, 0.29) is 6.61 Å². The minimum absolute atomic E-state index is 0.211. The molecule has 1 rings (SSSR count). The lowest BCUT2D eigenvalue weighted by Gasteiger charge is -2.19. The van der Waals surface area contributed by atoms with E-state index in [0.717, 1.165) is 16.5 Å². The van der Waals surface area contributed by atoms with Crippen molar-refractivity contribution in [1.82, 2.24) is 0 Å². The summed E-state index contributed by atoms with van der Waals surface area (Å²) in [5, 5.41) is 18.4. The molecule has 0 saturated heterocycles. The second-order valence-corrected chi connectivity index (χ2v) is 5.26. The van der Waals surface area contributed by atoms with Crippen molar-refractivity contribution in [2.45, 2.75) is 32.0 Å². The zero-order valence-electron chi connectivity index (χ0n) is 10.0. The Morgan fingerprint density at radius 3 is 2.71 bits per heavy atom. The van der Waals surface area contributed by atoms with Gasteiger partial charge in [-0.3, -0.25) is 0 Å². The van der Waals surface area contributed by atoms with Crippen LogP contribution < -0.4 is 0 Å². The summed E-state index contributed by atoms with van der Waals surface area (Å²) in [6.45, 7) is 2.55. The largest absolute Gasteiger partial charge is 0.393 e. The zero-order valence-corrected chi connectivity index (χ0v) is 11.6. The van der Waals surface area contributed by atoms with Gasteiger partial charge in [-0.05, 0) is 31.4 Å². The normalized spacial score (nSPS) is 14.6. The first-order valence-corrected chi connectivity index (χ1v) is 6.49. The third-order valence-electron chi connectivity index (χ3n) is 2.56. The molecule has 0 unspecified atom stereocenters. The molecule has 0 aliphatic carbocycles. The molecule has 0 heterocycles. The molecule has 0 fully saturated rings. The van der Waals surface area contributed by atoms with Crippen molar-refractivity contribution in [1.29, 1.82) is 0 Å². The van der Waals surface area contributed by atoms with Gasteiger partial charge in [-0.2, -0.15) is 0 Å². The van der Waals surface area contributed by atoms with Crippen LogP contribution >= 0.6 is 15.9 Å². The average molecular weight is 303 g/mol. The molecule has 0 radical (unpaired) electrons. The fraction of sp³-hybridized carbons (Fsp3) is 0.538. The first kappa shape index (κ1) is 14.6. The maximum absolute atomic E-state index is 9.57. The van der Waals surface area contributed by atoms with Crippen molar-refractivity contribution in [2.75, 3.05) is 13.2 Å². The molecule has 2 N–H and O–H groups in total. The predicted molar refractivity (Wildman–Crippen MR) is 70.7 cm³/mol. The Morgan fingerprint density at radius 1 is 1.35 bits per heavy atom. The van der Waals surface area contributed by atoms with Crippen LogP contribution in [0.25, 0.3) is 0 Å². The number of benzene rings is 1. The van der Waals surface area contributed by atoms with Gasteiger partial charge in [0.1, 0.15) is 0 Å². The first-order chi connectivity index (χ1) is 8.05. The van der Waals surface area contributed by atoms with Crippen LogP contribution in [0.15, 0.2) is 28.7 Å². The average Bonchev–Trinajstić information content (AvgIpc) is 2.31. The van der Waals surface area contributed by atoms with Gasteiger partial charge < -0.3 is 14.9 Å². The lowest BCUT2D eigenvalue weighted by atomic mass is 10.0. The standard InChI is InChI=1S/C13H19BrO3/c1-13(16,10-15)7-4-8-17-9-11-5-2-3-6-12(11)14/h2-3,5-6,15-16H,4,7-10H2,1H3/t13-/m0/s1. The molecule has 0 saturated carbocycles. The van der Waals surface area contributed by atoms with Gasteiger partial charge >= 0.3 is 0 Å². The second kappa shape index (κ2) is 7.11. The summed E-state index contributed by atoms with van der Waals surface area (Å²) in [5.41, 5.74) is 0.123. The van der Waals surface area contributed by atoms with E-state index in [9.17, 15) is 5.11 Å².